The van der Waals surface area contributed by atoms with Crippen molar-refractivity contribution >= 4 is 22.1 Å². The van der Waals surface area contributed by atoms with E-state index in [-0.39, 0.29) is 6.61 Å². The first-order valence-electron chi connectivity index (χ1n) is 7.46. The van der Waals surface area contributed by atoms with Crippen molar-refractivity contribution in [2.45, 2.75) is 6.54 Å². The van der Waals surface area contributed by atoms with Gasteiger partial charge in [0.25, 0.3) is 0 Å². The van der Waals surface area contributed by atoms with Gasteiger partial charge in [0.15, 0.2) is 5.58 Å². The van der Waals surface area contributed by atoms with E-state index in [1.54, 1.807) is 24.3 Å². The van der Waals surface area contributed by atoms with Crippen LogP contribution >= 0.6 is 0 Å². The van der Waals surface area contributed by atoms with Crippen LogP contribution in [0.5, 0.6) is 5.75 Å². The molecule has 0 amide bonds. The summed E-state index contributed by atoms with van der Waals surface area (Å²) in [6.45, 7) is 0.638. The number of rotatable bonds is 4. The van der Waals surface area contributed by atoms with Crippen LogP contribution in [0.25, 0.3) is 22.1 Å². The largest absolute Gasteiger partial charge is 0.492 e. The number of para-hydroxylation sites is 2. The van der Waals surface area contributed by atoms with Gasteiger partial charge in [-0.05, 0) is 30.3 Å². The molecule has 4 aromatic rings. The summed E-state index contributed by atoms with van der Waals surface area (Å²) >= 11 is 0. The minimum atomic E-state index is -0.413. The molecule has 0 saturated heterocycles. The molecule has 0 aliphatic heterocycles. The Bertz CT molecular complexity index is 1140. The van der Waals surface area contributed by atoms with Crippen molar-refractivity contribution in [1.29, 1.82) is 0 Å². The summed E-state index contributed by atoms with van der Waals surface area (Å²) in [6.07, 6.45) is 0. The molecule has 6 nitrogen and oxygen atoms in total. The van der Waals surface area contributed by atoms with Gasteiger partial charge in [-0.2, -0.15) is 0 Å². The van der Waals surface area contributed by atoms with Crippen LogP contribution in [0.1, 0.15) is 0 Å². The Morgan fingerprint density at radius 2 is 1.75 bits per heavy atom. The molecule has 6 heteroatoms. The van der Waals surface area contributed by atoms with E-state index in [1.165, 1.54) is 10.6 Å². The molecule has 2 heterocycles. The summed E-state index contributed by atoms with van der Waals surface area (Å²) in [4.78, 5) is 23.2. The summed E-state index contributed by atoms with van der Waals surface area (Å²) in [5.41, 5.74) is 1.34. The van der Waals surface area contributed by atoms with E-state index in [0.29, 0.717) is 23.5 Å². The summed E-state index contributed by atoms with van der Waals surface area (Å²) in [6, 6.07) is 15.6. The van der Waals surface area contributed by atoms with Crippen LogP contribution < -0.4 is 16.1 Å². The number of ether oxygens (including phenoxy) is 1. The zero-order valence-corrected chi connectivity index (χ0v) is 12.6. The SMILES string of the molecule is O=c1ccc2ccc(OCCn3c(=O)oc4ccccc43)cc2o1. The molecule has 0 radical (unpaired) electrons. The molecular formula is C18H13NO5. The fraction of sp³-hybridized carbons (Fsp3) is 0.111. The fourth-order valence-corrected chi connectivity index (χ4v) is 2.61. The predicted octanol–water partition coefficient (Wildman–Crippen LogP) is 2.78. The van der Waals surface area contributed by atoms with E-state index >= 15 is 0 Å². The van der Waals surface area contributed by atoms with Gasteiger partial charge < -0.3 is 13.6 Å². The molecule has 2 aromatic heterocycles. The molecule has 0 saturated carbocycles. The number of fused-ring (bicyclic) bond motifs is 2. The summed E-state index contributed by atoms with van der Waals surface area (Å²) < 4.78 is 17.5. The first-order chi connectivity index (χ1) is 11.7. The molecular weight excluding hydrogens is 310 g/mol. The monoisotopic (exact) mass is 323 g/mol. The zero-order valence-electron chi connectivity index (χ0n) is 12.6. The summed E-state index contributed by atoms with van der Waals surface area (Å²) in [7, 11) is 0. The van der Waals surface area contributed by atoms with Crippen LogP contribution in [0.3, 0.4) is 0 Å². The lowest BCUT2D eigenvalue weighted by molar-refractivity contribution is 0.294. The van der Waals surface area contributed by atoms with Crippen LogP contribution in [-0.4, -0.2) is 11.2 Å². The number of nitrogens with zero attached hydrogens (tertiary/aromatic N) is 1. The molecule has 24 heavy (non-hydrogen) atoms. The lowest BCUT2D eigenvalue weighted by Gasteiger charge is -2.07. The average Bonchev–Trinajstić information content (AvgIpc) is 2.90. The topological polar surface area (TPSA) is 74.6 Å². The van der Waals surface area contributed by atoms with Crippen molar-refractivity contribution in [2.24, 2.45) is 0 Å². The van der Waals surface area contributed by atoms with Crippen molar-refractivity contribution in [2.75, 3.05) is 6.61 Å². The maximum absolute atomic E-state index is 11.9. The third kappa shape index (κ3) is 2.58. The zero-order chi connectivity index (χ0) is 16.5. The van der Waals surface area contributed by atoms with Gasteiger partial charge >= 0.3 is 11.4 Å². The van der Waals surface area contributed by atoms with Gasteiger partial charge in [0.1, 0.15) is 17.9 Å². The van der Waals surface area contributed by atoms with Gasteiger partial charge in [-0.15, -0.1) is 0 Å². The summed E-state index contributed by atoms with van der Waals surface area (Å²) in [5, 5.41) is 0.819. The molecule has 0 spiro atoms. The van der Waals surface area contributed by atoms with Gasteiger partial charge in [0, 0.05) is 17.5 Å². The molecule has 0 aliphatic carbocycles. The molecule has 0 fully saturated rings. The van der Waals surface area contributed by atoms with E-state index in [0.717, 1.165) is 10.9 Å². The predicted molar refractivity (Wildman–Crippen MR) is 88.5 cm³/mol. The average molecular weight is 323 g/mol. The minimum Gasteiger partial charge on any atom is -0.492 e. The number of oxazole rings is 1. The Hall–Kier alpha value is -3.28. The summed E-state index contributed by atoms with van der Waals surface area (Å²) in [5.74, 6) is 0.155. The highest BCUT2D eigenvalue weighted by Gasteiger charge is 2.08. The van der Waals surface area contributed by atoms with Crippen molar-refractivity contribution in [3.05, 3.63) is 75.6 Å². The molecule has 0 unspecified atom stereocenters. The Balaban J connectivity index is 1.53. The molecule has 120 valence electrons. The van der Waals surface area contributed by atoms with Crippen molar-refractivity contribution < 1.29 is 13.6 Å². The lowest BCUT2D eigenvalue weighted by atomic mass is 10.2. The van der Waals surface area contributed by atoms with Gasteiger partial charge in [0.05, 0.1) is 12.1 Å². The molecule has 0 atom stereocenters. The second kappa shape index (κ2) is 5.73. The van der Waals surface area contributed by atoms with Gasteiger partial charge in [-0.1, -0.05) is 12.1 Å². The maximum Gasteiger partial charge on any atom is 0.420 e. The number of hydrogen-bond donors (Lipinski definition) is 0. The Kier molecular flexibility index (Phi) is 3.42. The lowest BCUT2D eigenvalue weighted by Crippen LogP contribution is -2.18. The quantitative estimate of drug-likeness (QED) is 0.540. The Morgan fingerprint density at radius 3 is 2.67 bits per heavy atom. The van der Waals surface area contributed by atoms with E-state index in [9.17, 15) is 9.59 Å². The second-order valence-electron chi connectivity index (χ2n) is 5.29. The second-order valence-corrected chi connectivity index (χ2v) is 5.29. The molecule has 0 N–H and O–H groups in total. The normalized spacial score (nSPS) is 11.2. The van der Waals surface area contributed by atoms with Crippen LogP contribution in [-0.2, 0) is 6.54 Å². The standard InChI is InChI=1S/C18H13NO5/c20-17-8-6-12-5-7-13(11-16(12)23-17)22-10-9-19-14-3-1-2-4-15(14)24-18(19)21/h1-8,11H,9-10H2. The highest BCUT2D eigenvalue weighted by molar-refractivity contribution is 5.77. The molecule has 4 rings (SSSR count). The van der Waals surface area contributed by atoms with Crippen LogP contribution in [0.2, 0.25) is 0 Å². The van der Waals surface area contributed by atoms with Crippen LogP contribution in [0, 0.1) is 0 Å². The number of benzene rings is 2. The fourth-order valence-electron chi connectivity index (χ4n) is 2.61. The highest BCUT2D eigenvalue weighted by Crippen LogP contribution is 2.19. The third-order valence-electron chi connectivity index (χ3n) is 3.75. The molecule has 0 bridgehead atoms. The van der Waals surface area contributed by atoms with Gasteiger partial charge in [-0.3, -0.25) is 4.57 Å². The third-order valence-corrected chi connectivity index (χ3v) is 3.75. The maximum atomic E-state index is 11.9. The minimum absolute atomic E-state index is 0.284. The van der Waals surface area contributed by atoms with Crippen LogP contribution in [0.15, 0.2) is 73.0 Å². The van der Waals surface area contributed by atoms with Gasteiger partial charge in [-0.25, -0.2) is 9.59 Å². The van der Waals surface area contributed by atoms with Crippen LogP contribution in [0.4, 0.5) is 0 Å². The van der Waals surface area contributed by atoms with E-state index in [4.69, 9.17) is 13.6 Å². The van der Waals surface area contributed by atoms with Crippen molar-refractivity contribution in [3.8, 4) is 5.75 Å². The van der Waals surface area contributed by atoms with E-state index in [1.807, 2.05) is 24.3 Å². The first kappa shape index (κ1) is 14.3. The first-order valence-corrected chi connectivity index (χ1v) is 7.46. The van der Waals surface area contributed by atoms with E-state index in [2.05, 4.69) is 0 Å². The smallest absolute Gasteiger partial charge is 0.420 e. The van der Waals surface area contributed by atoms with E-state index < -0.39 is 11.4 Å². The highest BCUT2D eigenvalue weighted by atomic mass is 16.5. The molecule has 0 aliphatic rings. The number of aromatic nitrogens is 1. The number of hydrogen-bond acceptors (Lipinski definition) is 5. The van der Waals surface area contributed by atoms with Crippen molar-refractivity contribution in [1.82, 2.24) is 4.57 Å². The van der Waals surface area contributed by atoms with Crippen molar-refractivity contribution in [3.63, 3.8) is 0 Å². The Labute approximate surface area is 135 Å². The molecule has 2 aromatic carbocycles. The van der Waals surface area contributed by atoms with Gasteiger partial charge in [0.2, 0.25) is 0 Å². The Morgan fingerprint density at radius 1 is 0.917 bits per heavy atom.